The topological polar surface area (TPSA) is 62.5 Å². The Hall–Kier alpha value is -3.22. The molecule has 1 amide bonds. The van der Waals surface area contributed by atoms with Gasteiger partial charge in [-0.2, -0.15) is 4.98 Å². The molecule has 6 nitrogen and oxygen atoms in total. The Bertz CT molecular complexity index is 1040. The summed E-state index contributed by atoms with van der Waals surface area (Å²) in [5.41, 5.74) is 1.74. The van der Waals surface area contributed by atoms with Crippen molar-refractivity contribution in [2.24, 2.45) is 11.8 Å². The van der Waals surface area contributed by atoms with Gasteiger partial charge in [-0.25, -0.2) is 4.39 Å². The van der Waals surface area contributed by atoms with Crippen LogP contribution in [0.3, 0.4) is 0 Å². The first-order valence-corrected chi connectivity index (χ1v) is 9.77. The van der Waals surface area contributed by atoms with Crippen LogP contribution in [-0.4, -0.2) is 40.6 Å². The summed E-state index contributed by atoms with van der Waals surface area (Å²) in [6, 6.07) is 16.6. The van der Waals surface area contributed by atoms with E-state index in [9.17, 15) is 9.18 Å². The lowest BCUT2D eigenvalue weighted by molar-refractivity contribution is -0.130. The predicted molar refractivity (Wildman–Crippen MR) is 105 cm³/mol. The Morgan fingerprint density at radius 2 is 1.93 bits per heavy atom. The minimum Gasteiger partial charge on any atom is -0.335 e. The third kappa shape index (κ3) is 3.16. The predicted octanol–water partition coefficient (Wildman–Crippen LogP) is 3.53. The first kappa shape index (κ1) is 17.8. The van der Waals surface area contributed by atoms with Crippen LogP contribution in [0.15, 0.2) is 59.1 Å². The Morgan fingerprint density at radius 3 is 2.69 bits per heavy atom. The first-order valence-electron chi connectivity index (χ1n) is 9.77. The molecule has 5 rings (SSSR count). The molecule has 3 aromatic rings. The molecule has 2 fully saturated rings. The maximum atomic E-state index is 13.9. The summed E-state index contributed by atoms with van der Waals surface area (Å²) in [7, 11) is 0. The molecular weight excluding hydrogens is 371 g/mol. The van der Waals surface area contributed by atoms with Gasteiger partial charge in [0.25, 0.3) is 0 Å². The molecule has 0 radical (unpaired) electrons. The molecule has 148 valence electrons. The van der Waals surface area contributed by atoms with E-state index < -0.39 is 0 Å². The highest BCUT2D eigenvalue weighted by Gasteiger charge is 2.49. The summed E-state index contributed by atoms with van der Waals surface area (Å²) in [5, 5.41) is 4.12. The molecule has 3 heterocycles. The Kier molecular flexibility index (Phi) is 4.30. The van der Waals surface area contributed by atoms with Crippen molar-refractivity contribution in [1.29, 1.82) is 0 Å². The lowest BCUT2D eigenvalue weighted by Gasteiger charge is -2.28. The van der Waals surface area contributed by atoms with Crippen molar-refractivity contribution >= 4 is 11.9 Å². The number of amides is 1. The highest BCUT2D eigenvalue weighted by Crippen LogP contribution is 2.45. The van der Waals surface area contributed by atoms with Crippen LogP contribution in [0.1, 0.15) is 18.5 Å². The van der Waals surface area contributed by atoms with E-state index in [0.717, 1.165) is 17.7 Å². The van der Waals surface area contributed by atoms with Gasteiger partial charge in [0, 0.05) is 44.0 Å². The summed E-state index contributed by atoms with van der Waals surface area (Å²) in [6.45, 7) is 3.65. The molecule has 2 saturated heterocycles. The van der Waals surface area contributed by atoms with Crippen molar-refractivity contribution in [3.63, 3.8) is 0 Å². The van der Waals surface area contributed by atoms with Crippen LogP contribution in [0.2, 0.25) is 0 Å². The molecule has 2 aliphatic rings. The number of anilines is 1. The molecule has 0 spiro atoms. The molecule has 1 aromatic heterocycles. The van der Waals surface area contributed by atoms with Gasteiger partial charge < -0.3 is 14.3 Å². The van der Waals surface area contributed by atoms with Crippen molar-refractivity contribution in [2.45, 2.75) is 13.0 Å². The maximum absolute atomic E-state index is 13.9. The number of likely N-dealkylation sites (tertiary alicyclic amines) is 1. The second kappa shape index (κ2) is 6.99. The molecule has 7 heteroatoms. The van der Waals surface area contributed by atoms with Gasteiger partial charge in [0.05, 0.1) is 6.04 Å². The van der Waals surface area contributed by atoms with E-state index in [1.807, 2.05) is 41.3 Å². The van der Waals surface area contributed by atoms with Crippen LogP contribution < -0.4 is 4.90 Å². The molecule has 29 heavy (non-hydrogen) atoms. The number of hydrogen-bond donors (Lipinski definition) is 0. The van der Waals surface area contributed by atoms with E-state index in [0.29, 0.717) is 24.9 Å². The minimum atomic E-state index is -0.284. The number of rotatable bonds is 3. The summed E-state index contributed by atoms with van der Waals surface area (Å²) in [5.74, 6) is 0.759. The summed E-state index contributed by atoms with van der Waals surface area (Å²) in [4.78, 5) is 20.7. The molecule has 0 unspecified atom stereocenters. The lowest BCUT2D eigenvalue weighted by atomic mass is 9.89. The molecule has 0 aliphatic carbocycles. The lowest BCUT2D eigenvalue weighted by Crippen LogP contribution is -2.34. The minimum absolute atomic E-state index is 0.0179. The van der Waals surface area contributed by atoms with Gasteiger partial charge in [-0.3, -0.25) is 4.79 Å². The average Bonchev–Trinajstić information content (AvgIpc) is 3.42. The molecular formula is C22H21FN4O2. The number of carbonyl (C=O) groups is 1. The van der Waals surface area contributed by atoms with Gasteiger partial charge in [0.1, 0.15) is 5.82 Å². The zero-order valence-electron chi connectivity index (χ0n) is 16.0. The van der Waals surface area contributed by atoms with Gasteiger partial charge >= 0.3 is 6.01 Å². The number of halogens is 1. The molecule has 3 atom stereocenters. The van der Waals surface area contributed by atoms with Crippen LogP contribution >= 0.6 is 0 Å². The monoisotopic (exact) mass is 392 g/mol. The maximum Gasteiger partial charge on any atom is 0.324 e. The highest BCUT2D eigenvalue weighted by atomic mass is 19.1. The number of fused-ring (bicyclic) bond motifs is 1. The van der Waals surface area contributed by atoms with Crippen LogP contribution in [0, 0.1) is 17.7 Å². The molecule has 0 N–H and O–H groups in total. The second-order valence-electron chi connectivity index (χ2n) is 7.77. The third-order valence-corrected chi connectivity index (χ3v) is 5.98. The van der Waals surface area contributed by atoms with E-state index in [1.165, 1.54) is 12.1 Å². The SMILES string of the molecule is CC(=O)N1C[C@H]2CN(c3nc(-c4ccccc4)no3)C[C@H]2[C@H]1c1cccc(F)c1. The molecule has 2 aromatic carbocycles. The van der Waals surface area contributed by atoms with Crippen molar-refractivity contribution in [3.8, 4) is 11.4 Å². The van der Waals surface area contributed by atoms with E-state index in [-0.39, 0.29) is 29.6 Å². The van der Waals surface area contributed by atoms with Crippen LogP contribution in [0.5, 0.6) is 0 Å². The van der Waals surface area contributed by atoms with Crippen LogP contribution in [-0.2, 0) is 4.79 Å². The van der Waals surface area contributed by atoms with Crippen molar-refractivity contribution in [3.05, 3.63) is 66.0 Å². The van der Waals surface area contributed by atoms with Crippen molar-refractivity contribution < 1.29 is 13.7 Å². The second-order valence-corrected chi connectivity index (χ2v) is 7.77. The zero-order valence-corrected chi connectivity index (χ0v) is 16.0. The first-order chi connectivity index (χ1) is 14.1. The highest BCUT2D eigenvalue weighted by molar-refractivity contribution is 5.74. The molecule has 0 bridgehead atoms. The quantitative estimate of drug-likeness (QED) is 0.682. The fraction of sp³-hybridized carbons (Fsp3) is 0.318. The number of carbonyl (C=O) groups excluding carboxylic acids is 1. The van der Waals surface area contributed by atoms with Crippen molar-refractivity contribution in [1.82, 2.24) is 15.0 Å². The summed E-state index contributed by atoms with van der Waals surface area (Å²) < 4.78 is 19.4. The Balaban J connectivity index is 1.41. The summed E-state index contributed by atoms with van der Waals surface area (Å²) >= 11 is 0. The fourth-order valence-corrected chi connectivity index (χ4v) is 4.69. The van der Waals surface area contributed by atoms with Gasteiger partial charge in [-0.1, -0.05) is 47.6 Å². The molecule has 2 aliphatic heterocycles. The van der Waals surface area contributed by atoms with Gasteiger partial charge in [-0.05, 0) is 17.7 Å². The Morgan fingerprint density at radius 1 is 1.10 bits per heavy atom. The number of benzene rings is 2. The molecule has 0 saturated carbocycles. The number of aromatic nitrogens is 2. The number of hydrogen-bond acceptors (Lipinski definition) is 5. The average molecular weight is 392 g/mol. The van der Waals surface area contributed by atoms with E-state index >= 15 is 0 Å². The third-order valence-electron chi connectivity index (χ3n) is 5.98. The standard InChI is InChI=1S/C22H21FN4O2/c1-14(28)27-12-17-11-26(13-19(17)20(27)16-8-5-9-18(23)10-16)22-24-21(25-29-22)15-6-3-2-4-7-15/h2-10,17,19-20H,11-13H2,1H3/t17-,19-,20-/m1/s1. The van der Waals surface area contributed by atoms with Gasteiger partial charge in [-0.15, -0.1) is 0 Å². The van der Waals surface area contributed by atoms with E-state index in [2.05, 4.69) is 15.0 Å². The van der Waals surface area contributed by atoms with Crippen LogP contribution in [0.4, 0.5) is 10.4 Å². The Labute approximate surface area is 167 Å². The summed E-state index contributed by atoms with van der Waals surface area (Å²) in [6.07, 6.45) is 0. The van der Waals surface area contributed by atoms with Crippen molar-refractivity contribution in [2.75, 3.05) is 24.5 Å². The van der Waals surface area contributed by atoms with Crippen LogP contribution in [0.25, 0.3) is 11.4 Å². The van der Waals surface area contributed by atoms with E-state index in [1.54, 1.807) is 13.0 Å². The van der Waals surface area contributed by atoms with E-state index in [4.69, 9.17) is 4.52 Å². The largest absolute Gasteiger partial charge is 0.335 e. The zero-order chi connectivity index (χ0) is 20.0. The van der Waals surface area contributed by atoms with Gasteiger partial charge in [0.2, 0.25) is 11.7 Å². The normalized spacial score (nSPS) is 23.4. The van der Waals surface area contributed by atoms with Gasteiger partial charge in [0.15, 0.2) is 0 Å². The smallest absolute Gasteiger partial charge is 0.324 e. The number of nitrogens with zero attached hydrogens (tertiary/aromatic N) is 4. The fourth-order valence-electron chi connectivity index (χ4n) is 4.69.